The zero-order valence-electron chi connectivity index (χ0n) is 20.7. The molecule has 0 saturated heterocycles. The van der Waals surface area contributed by atoms with Crippen LogP contribution in [0.25, 0.3) is 0 Å². The van der Waals surface area contributed by atoms with Gasteiger partial charge in [0.1, 0.15) is 12.4 Å². The number of phenols is 1. The van der Waals surface area contributed by atoms with Crippen LogP contribution >= 0.6 is 33.2 Å². The second-order valence-electron chi connectivity index (χ2n) is 7.95. The molecule has 0 bridgehead atoms. The lowest BCUT2D eigenvalue weighted by Gasteiger charge is -2.10. The van der Waals surface area contributed by atoms with Crippen molar-refractivity contribution in [1.29, 1.82) is 0 Å². The number of nitrogens with one attached hydrogen (secondary N) is 1. The molecule has 11 heteroatoms. The van der Waals surface area contributed by atoms with Crippen molar-refractivity contribution in [3.8, 4) is 5.75 Å². The Bertz CT molecular complexity index is 1120. The minimum absolute atomic E-state index is 0.0481. The number of halogens is 1. The summed E-state index contributed by atoms with van der Waals surface area (Å²) in [6.07, 6.45) is 2.89. The van der Waals surface area contributed by atoms with Crippen molar-refractivity contribution < 1.29 is 19.5 Å². The quantitative estimate of drug-likeness (QED) is 0.0864. The molecule has 2 aromatic rings. The molecule has 0 heterocycles. The van der Waals surface area contributed by atoms with Crippen LogP contribution < -0.4 is 11.1 Å². The fourth-order valence-electron chi connectivity index (χ4n) is 2.57. The van der Waals surface area contributed by atoms with Crippen molar-refractivity contribution in [3.05, 3.63) is 88.2 Å². The maximum atomic E-state index is 12.9. The zero-order chi connectivity index (χ0) is 27.0. The van der Waals surface area contributed by atoms with Crippen LogP contribution in [0.4, 0.5) is 0 Å². The summed E-state index contributed by atoms with van der Waals surface area (Å²) in [5.41, 5.74) is 6.93. The van der Waals surface area contributed by atoms with E-state index in [4.69, 9.17) is 26.9 Å². The van der Waals surface area contributed by atoms with Crippen LogP contribution in [-0.2, 0) is 21.0 Å². The molecule has 0 atom stereocenters. The number of rotatable bonds is 15. The molecule has 198 valence electrons. The first-order chi connectivity index (χ1) is 17.8. The Kier molecular flexibility index (Phi) is 13.5. The highest BCUT2D eigenvalue weighted by molar-refractivity contribution is 8.78. The molecule has 0 aliphatic rings. The van der Waals surface area contributed by atoms with Crippen LogP contribution in [0.2, 0.25) is 5.02 Å². The molecule has 0 unspecified atom stereocenters. The third kappa shape index (κ3) is 11.7. The van der Waals surface area contributed by atoms with Crippen molar-refractivity contribution >= 4 is 51.0 Å². The first-order valence-electron chi connectivity index (χ1n) is 11.4. The van der Waals surface area contributed by atoms with Gasteiger partial charge in [-0.15, -0.1) is 0 Å². The summed E-state index contributed by atoms with van der Waals surface area (Å²) in [6.45, 7) is 9.09. The summed E-state index contributed by atoms with van der Waals surface area (Å²) >= 11 is 6.03. The van der Waals surface area contributed by atoms with E-state index in [0.29, 0.717) is 41.2 Å². The molecule has 2 aromatic carbocycles. The molecule has 0 aromatic heterocycles. The van der Waals surface area contributed by atoms with E-state index < -0.39 is 5.91 Å². The van der Waals surface area contributed by atoms with E-state index in [1.807, 2.05) is 44.2 Å². The molecule has 0 radical (unpaired) electrons. The van der Waals surface area contributed by atoms with E-state index >= 15 is 0 Å². The number of aliphatic imine (C=N–C) groups is 1. The van der Waals surface area contributed by atoms with Gasteiger partial charge in [0.15, 0.2) is 11.5 Å². The summed E-state index contributed by atoms with van der Waals surface area (Å²) in [6, 6.07) is 13.9. The lowest BCUT2D eigenvalue weighted by atomic mass is 10.1. The number of carbonyl (C=O) groups excluding carboxylic acids is 1. The number of phenolic OH excluding ortho intramolecular Hbond substituents is 1. The Labute approximate surface area is 230 Å². The van der Waals surface area contributed by atoms with Gasteiger partial charge in [-0.2, -0.15) is 0 Å². The van der Waals surface area contributed by atoms with E-state index in [9.17, 15) is 9.90 Å². The van der Waals surface area contributed by atoms with Crippen molar-refractivity contribution in [2.24, 2.45) is 21.8 Å². The average Bonchev–Trinajstić information content (AvgIpc) is 2.88. The second kappa shape index (κ2) is 16.6. The largest absolute Gasteiger partial charge is 0.506 e. The molecule has 0 aliphatic carbocycles. The van der Waals surface area contributed by atoms with Crippen molar-refractivity contribution in [2.45, 2.75) is 20.5 Å². The van der Waals surface area contributed by atoms with Gasteiger partial charge in [0, 0.05) is 24.1 Å². The number of oxime groups is 1. The van der Waals surface area contributed by atoms with Gasteiger partial charge in [0.2, 0.25) is 0 Å². The van der Waals surface area contributed by atoms with Gasteiger partial charge >= 0.3 is 0 Å². The monoisotopic (exact) mass is 562 g/mol. The van der Waals surface area contributed by atoms with Crippen LogP contribution in [0.1, 0.15) is 25.0 Å². The number of hydrogen-bond donors (Lipinski definition) is 3. The van der Waals surface area contributed by atoms with Crippen LogP contribution in [0, 0.1) is 5.92 Å². The summed E-state index contributed by atoms with van der Waals surface area (Å²) in [7, 11) is 2.85. The lowest BCUT2D eigenvalue weighted by molar-refractivity contribution is -0.114. The molecule has 0 aliphatic heterocycles. The first-order valence-corrected chi connectivity index (χ1v) is 14.1. The first kappa shape index (κ1) is 30.1. The van der Waals surface area contributed by atoms with Crippen molar-refractivity contribution in [3.63, 3.8) is 0 Å². The Morgan fingerprint density at radius 3 is 2.70 bits per heavy atom. The number of nitrogens with zero attached hydrogens (tertiary/aromatic N) is 2. The van der Waals surface area contributed by atoms with Gasteiger partial charge in [0.25, 0.3) is 5.91 Å². The topological polar surface area (TPSA) is 119 Å². The smallest absolute Gasteiger partial charge is 0.273 e. The Morgan fingerprint density at radius 1 is 1.27 bits per heavy atom. The summed E-state index contributed by atoms with van der Waals surface area (Å²) in [5.74, 6) is 0.912. The van der Waals surface area contributed by atoms with Gasteiger partial charge in [-0.25, -0.2) is 4.99 Å². The molecule has 2 rings (SSSR count). The van der Waals surface area contributed by atoms with Gasteiger partial charge in [-0.3, -0.25) is 4.79 Å². The highest BCUT2D eigenvalue weighted by Gasteiger charge is 2.16. The van der Waals surface area contributed by atoms with Gasteiger partial charge in [-0.1, -0.05) is 78.3 Å². The maximum Gasteiger partial charge on any atom is 0.273 e. The van der Waals surface area contributed by atoms with Crippen molar-refractivity contribution in [2.75, 3.05) is 18.9 Å². The highest BCUT2D eigenvalue weighted by Crippen LogP contribution is 2.29. The maximum absolute atomic E-state index is 12.9. The number of nitrogens with two attached hydrogens (primary N) is 1. The van der Waals surface area contributed by atoms with Crippen LogP contribution in [0.3, 0.4) is 0 Å². The van der Waals surface area contributed by atoms with Crippen LogP contribution in [0.5, 0.6) is 5.75 Å². The third-order valence-corrected chi connectivity index (χ3v) is 6.90. The highest BCUT2D eigenvalue weighted by atomic mass is 35.5. The minimum Gasteiger partial charge on any atom is -0.506 e. The fraction of sp³-hybridized carbons (Fsp3) is 0.269. The summed E-state index contributed by atoms with van der Waals surface area (Å²) < 4.78 is 5.54. The molecule has 8 nitrogen and oxygen atoms in total. The fourth-order valence-corrected chi connectivity index (χ4v) is 4.29. The summed E-state index contributed by atoms with van der Waals surface area (Å²) in [5, 5.41) is 17.3. The van der Waals surface area contributed by atoms with E-state index in [0.717, 1.165) is 5.56 Å². The third-order valence-electron chi connectivity index (χ3n) is 4.38. The SMILES string of the molecule is C=C(/N=C\C(=C/N)OCC(C)C)SSCCNC(=O)/C(=N\OCc1ccccc1)c1ccc(O)c(Cl)c1. The van der Waals surface area contributed by atoms with Gasteiger partial charge in [0.05, 0.1) is 22.9 Å². The minimum atomic E-state index is -0.433. The molecule has 1 amide bonds. The predicted molar refractivity (Wildman–Crippen MR) is 155 cm³/mol. The standard InChI is InChI=1S/C26H31ClN4O4S2/c1-18(2)16-34-22(14-28)15-30-19(3)37-36-12-11-29-26(33)25(21-9-10-24(32)23(27)13-21)31-35-17-20-7-5-4-6-8-20/h4-10,13-15,18,32H,3,11-12,16-17,28H2,1-2H3,(H,29,33)/b22-14+,30-15-,31-25-. The van der Waals surface area contributed by atoms with E-state index in [-0.39, 0.29) is 23.1 Å². The lowest BCUT2D eigenvalue weighted by Crippen LogP contribution is -2.33. The average molecular weight is 563 g/mol. The second-order valence-corrected chi connectivity index (χ2v) is 10.8. The van der Waals surface area contributed by atoms with E-state index in [2.05, 4.69) is 22.0 Å². The molecule has 37 heavy (non-hydrogen) atoms. The Morgan fingerprint density at radius 2 is 2.03 bits per heavy atom. The Balaban J connectivity index is 1.87. The number of ether oxygens (including phenoxy) is 1. The number of hydrogen-bond acceptors (Lipinski definition) is 9. The molecule has 0 spiro atoms. The molecule has 4 N–H and O–H groups in total. The number of benzene rings is 2. The molecular weight excluding hydrogens is 532 g/mol. The van der Waals surface area contributed by atoms with E-state index in [1.165, 1.54) is 46.1 Å². The number of aromatic hydroxyl groups is 1. The van der Waals surface area contributed by atoms with Gasteiger partial charge in [-0.05, 0) is 40.5 Å². The molecule has 0 fully saturated rings. The number of carbonyl (C=O) groups is 1. The summed E-state index contributed by atoms with van der Waals surface area (Å²) in [4.78, 5) is 22.6. The van der Waals surface area contributed by atoms with E-state index in [1.54, 1.807) is 6.07 Å². The van der Waals surface area contributed by atoms with Crippen LogP contribution in [0.15, 0.2) is 82.2 Å². The Hall–Kier alpha value is -3.08. The molecular formula is C26H31ClN4O4S2. The number of allylic oxidation sites excluding steroid dienone is 1. The molecule has 0 saturated carbocycles. The van der Waals surface area contributed by atoms with Crippen LogP contribution in [-0.4, -0.2) is 41.8 Å². The van der Waals surface area contributed by atoms with Crippen molar-refractivity contribution in [1.82, 2.24) is 5.32 Å². The zero-order valence-corrected chi connectivity index (χ0v) is 23.1. The predicted octanol–water partition coefficient (Wildman–Crippen LogP) is 5.48. The normalized spacial score (nSPS) is 12.1. The number of amides is 1. The van der Waals surface area contributed by atoms with Gasteiger partial charge < -0.3 is 25.7 Å².